The molecule has 0 amide bonds. The van der Waals surface area contributed by atoms with Gasteiger partial charge in [0.1, 0.15) is 0 Å². The zero-order valence-electron chi connectivity index (χ0n) is 7.67. The van der Waals surface area contributed by atoms with Gasteiger partial charge in [-0.05, 0) is 13.8 Å². The van der Waals surface area contributed by atoms with Crippen molar-refractivity contribution in [1.29, 1.82) is 0 Å². The quantitative estimate of drug-likeness (QED) is 0.697. The molecule has 0 spiro atoms. The Morgan fingerprint density at radius 1 is 1.69 bits per heavy atom. The summed E-state index contributed by atoms with van der Waals surface area (Å²) in [5.41, 5.74) is 2.19. The molecule has 0 N–H and O–H groups in total. The van der Waals surface area contributed by atoms with Crippen molar-refractivity contribution in [3.05, 3.63) is 28.6 Å². The van der Waals surface area contributed by atoms with Crippen LogP contribution < -0.4 is 0 Å². The van der Waals surface area contributed by atoms with Crippen molar-refractivity contribution in [3.63, 3.8) is 0 Å². The highest BCUT2D eigenvalue weighted by Crippen LogP contribution is 2.12. The summed E-state index contributed by atoms with van der Waals surface area (Å²) in [7, 11) is 0. The molecule has 0 aliphatic rings. The Kier molecular flexibility index (Phi) is 2.88. The maximum atomic E-state index is 10.6. The predicted molar refractivity (Wildman–Crippen MR) is 52.1 cm³/mol. The van der Waals surface area contributed by atoms with Crippen LogP contribution in [0.15, 0.2) is 11.6 Å². The lowest BCUT2D eigenvalue weighted by atomic mass is 10.2. The van der Waals surface area contributed by atoms with E-state index in [1.165, 1.54) is 0 Å². The molecule has 0 atom stereocenters. The van der Waals surface area contributed by atoms with E-state index in [2.05, 4.69) is 11.7 Å². The van der Waals surface area contributed by atoms with Crippen molar-refractivity contribution in [3.8, 4) is 0 Å². The Hall–Kier alpha value is -1.09. The fourth-order valence-corrected chi connectivity index (χ4v) is 1.31. The lowest BCUT2D eigenvalue weighted by Crippen LogP contribution is -2.02. The fraction of sp³-hybridized carbons (Fsp3) is 0.333. The Labute approximate surface area is 82.0 Å². The molecule has 0 aliphatic heterocycles. The van der Waals surface area contributed by atoms with Gasteiger partial charge >= 0.3 is 0 Å². The van der Waals surface area contributed by atoms with Crippen molar-refractivity contribution in [2.75, 3.05) is 0 Å². The second-order valence-corrected chi connectivity index (χ2v) is 3.41. The van der Waals surface area contributed by atoms with Gasteiger partial charge in [-0.2, -0.15) is 5.10 Å². The van der Waals surface area contributed by atoms with E-state index in [-0.39, 0.29) is 0 Å². The Balaban J connectivity index is 3.10. The smallest absolute Gasteiger partial charge is 0.153 e. The minimum absolute atomic E-state index is 0.446. The first kappa shape index (κ1) is 9.99. The molecule has 0 aliphatic carbocycles. The van der Waals surface area contributed by atoms with Gasteiger partial charge in [-0.3, -0.25) is 9.48 Å². The van der Waals surface area contributed by atoms with Crippen LogP contribution in [-0.4, -0.2) is 16.1 Å². The lowest BCUT2D eigenvalue weighted by Gasteiger charge is -2.01. The van der Waals surface area contributed by atoms with Crippen LogP contribution in [0.3, 0.4) is 0 Å². The lowest BCUT2D eigenvalue weighted by molar-refractivity contribution is 0.112. The largest absolute Gasteiger partial charge is 0.298 e. The van der Waals surface area contributed by atoms with Crippen molar-refractivity contribution < 1.29 is 4.79 Å². The molecule has 1 heterocycles. The van der Waals surface area contributed by atoms with Gasteiger partial charge in [0.25, 0.3) is 0 Å². The van der Waals surface area contributed by atoms with E-state index in [0.717, 1.165) is 17.7 Å². The molecule has 70 valence electrons. The highest BCUT2D eigenvalue weighted by Gasteiger charge is 2.09. The maximum absolute atomic E-state index is 10.6. The second-order valence-electron chi connectivity index (χ2n) is 2.88. The molecule has 0 unspecified atom stereocenters. The zero-order valence-corrected chi connectivity index (χ0v) is 8.43. The third-order valence-corrected chi connectivity index (χ3v) is 2.00. The van der Waals surface area contributed by atoms with Gasteiger partial charge in [0.15, 0.2) is 6.29 Å². The highest BCUT2D eigenvalue weighted by atomic mass is 35.5. The van der Waals surface area contributed by atoms with Crippen LogP contribution in [0.1, 0.15) is 21.7 Å². The van der Waals surface area contributed by atoms with E-state index in [1.807, 2.05) is 6.92 Å². The number of nitrogens with zero attached hydrogens (tertiary/aromatic N) is 2. The Morgan fingerprint density at radius 2 is 2.31 bits per heavy atom. The summed E-state index contributed by atoms with van der Waals surface area (Å²) in [5.74, 6) is 0. The molecule has 0 fully saturated rings. The monoisotopic (exact) mass is 198 g/mol. The number of carbonyl (C=O) groups is 1. The van der Waals surface area contributed by atoms with Gasteiger partial charge in [0, 0.05) is 10.7 Å². The second kappa shape index (κ2) is 3.75. The summed E-state index contributed by atoms with van der Waals surface area (Å²) >= 11 is 5.65. The summed E-state index contributed by atoms with van der Waals surface area (Å²) in [6.07, 6.45) is 0.811. The molecule has 0 aromatic carbocycles. The third kappa shape index (κ3) is 1.98. The van der Waals surface area contributed by atoms with Crippen LogP contribution in [0.4, 0.5) is 0 Å². The average Bonchev–Trinajstić information content (AvgIpc) is 2.26. The van der Waals surface area contributed by atoms with Crippen molar-refractivity contribution in [2.24, 2.45) is 0 Å². The molecule has 4 heteroatoms. The van der Waals surface area contributed by atoms with Crippen molar-refractivity contribution >= 4 is 17.9 Å². The number of aldehydes is 1. The molecular formula is C9H11ClN2O. The summed E-state index contributed by atoms with van der Waals surface area (Å²) in [4.78, 5) is 10.6. The molecule has 3 nitrogen and oxygen atoms in total. The van der Waals surface area contributed by atoms with Gasteiger partial charge in [-0.25, -0.2) is 0 Å². The number of allylic oxidation sites excluding steroid dienone is 1. The summed E-state index contributed by atoms with van der Waals surface area (Å²) < 4.78 is 1.68. The summed E-state index contributed by atoms with van der Waals surface area (Å²) in [5, 5.41) is 4.66. The van der Waals surface area contributed by atoms with E-state index in [4.69, 9.17) is 11.6 Å². The normalized spacial score (nSPS) is 10.1. The Morgan fingerprint density at radius 3 is 2.69 bits per heavy atom. The topological polar surface area (TPSA) is 34.9 Å². The maximum Gasteiger partial charge on any atom is 0.153 e. The predicted octanol–water partition coefficient (Wildman–Crippen LogP) is 2.06. The van der Waals surface area contributed by atoms with Crippen LogP contribution in [0.5, 0.6) is 0 Å². The minimum atomic E-state index is 0.446. The van der Waals surface area contributed by atoms with Crippen molar-refractivity contribution in [2.45, 2.75) is 20.4 Å². The number of carbonyl (C=O) groups excluding carboxylic acids is 1. The van der Waals surface area contributed by atoms with E-state index in [0.29, 0.717) is 17.1 Å². The summed E-state index contributed by atoms with van der Waals surface area (Å²) in [6, 6.07) is 0. The standard InChI is InChI=1S/C9H11ClN2O/c1-6(10)4-12-8(3)9(5-13)7(2)11-12/h5H,1,4H2,2-3H3. The van der Waals surface area contributed by atoms with E-state index in [1.54, 1.807) is 11.6 Å². The van der Waals surface area contributed by atoms with Gasteiger partial charge in [0.05, 0.1) is 17.8 Å². The first-order valence-corrected chi connectivity index (χ1v) is 4.26. The number of halogens is 1. The number of aryl methyl sites for hydroxylation is 1. The average molecular weight is 199 g/mol. The van der Waals surface area contributed by atoms with Gasteiger partial charge < -0.3 is 0 Å². The van der Waals surface area contributed by atoms with E-state index < -0.39 is 0 Å². The highest BCUT2D eigenvalue weighted by molar-refractivity contribution is 6.29. The van der Waals surface area contributed by atoms with Gasteiger partial charge in [-0.1, -0.05) is 18.2 Å². The molecule has 0 saturated heterocycles. The molecular weight excluding hydrogens is 188 g/mol. The van der Waals surface area contributed by atoms with Crippen LogP contribution in [0.25, 0.3) is 0 Å². The molecule has 13 heavy (non-hydrogen) atoms. The Bertz CT molecular complexity index is 355. The number of aromatic nitrogens is 2. The van der Waals surface area contributed by atoms with Crippen LogP contribution in [0, 0.1) is 13.8 Å². The zero-order chi connectivity index (χ0) is 10.0. The first-order valence-electron chi connectivity index (χ1n) is 3.88. The van der Waals surface area contributed by atoms with Crippen molar-refractivity contribution in [1.82, 2.24) is 9.78 Å². The SMILES string of the molecule is C=C(Cl)Cn1nc(C)c(C=O)c1C. The molecule has 1 rings (SSSR count). The summed E-state index contributed by atoms with van der Waals surface area (Å²) in [6.45, 7) is 7.65. The van der Waals surface area contributed by atoms with Gasteiger partial charge in [-0.15, -0.1) is 0 Å². The number of hydrogen-bond acceptors (Lipinski definition) is 2. The van der Waals surface area contributed by atoms with Gasteiger partial charge in [0.2, 0.25) is 0 Å². The third-order valence-electron chi connectivity index (χ3n) is 1.88. The number of rotatable bonds is 3. The number of hydrogen-bond donors (Lipinski definition) is 0. The molecule has 0 radical (unpaired) electrons. The molecule has 1 aromatic rings. The molecule has 0 saturated carbocycles. The van der Waals surface area contributed by atoms with E-state index >= 15 is 0 Å². The van der Waals surface area contributed by atoms with Crippen LogP contribution in [-0.2, 0) is 6.54 Å². The molecule has 1 aromatic heterocycles. The first-order chi connectivity index (χ1) is 6.06. The van der Waals surface area contributed by atoms with Crippen LogP contribution >= 0.6 is 11.6 Å². The van der Waals surface area contributed by atoms with E-state index in [9.17, 15) is 4.79 Å². The molecule has 0 bridgehead atoms. The fourth-order valence-electron chi connectivity index (χ4n) is 1.20. The minimum Gasteiger partial charge on any atom is -0.298 e. The van der Waals surface area contributed by atoms with Crippen LogP contribution in [0.2, 0.25) is 0 Å².